The van der Waals surface area contributed by atoms with Crippen LogP contribution in [0.4, 0.5) is 17.6 Å². The molecule has 0 unspecified atom stereocenters. The monoisotopic (exact) mass is 364 g/mol. The smallest absolute Gasteiger partial charge is 0.401 e. The van der Waals surface area contributed by atoms with Gasteiger partial charge in [-0.1, -0.05) is 6.07 Å². The predicted octanol–water partition coefficient (Wildman–Crippen LogP) is 2.34. The highest BCUT2D eigenvalue weighted by Crippen LogP contribution is 2.18. The number of halogens is 4. The van der Waals surface area contributed by atoms with E-state index in [1.165, 1.54) is 25.1 Å². The number of benzene rings is 1. The van der Waals surface area contributed by atoms with Crippen LogP contribution >= 0.6 is 0 Å². The van der Waals surface area contributed by atoms with Gasteiger partial charge >= 0.3 is 6.18 Å². The van der Waals surface area contributed by atoms with Crippen LogP contribution in [0.25, 0.3) is 0 Å². The zero-order valence-corrected chi connectivity index (χ0v) is 14.8. The average Bonchev–Trinajstić information content (AvgIpc) is 2.50. The Bertz CT molecular complexity index is 578. The number of alkyl halides is 3. The molecule has 0 bridgehead atoms. The molecular weight excluding hydrogens is 340 g/mol. The molecule has 0 atom stereocenters. The quantitative estimate of drug-likeness (QED) is 0.458. The highest BCUT2D eigenvalue weighted by Gasteiger charge is 2.28. The number of likely N-dealkylation sites (N-methyl/N-ethyl adjacent to an activating group) is 1. The summed E-state index contributed by atoms with van der Waals surface area (Å²) in [4.78, 5) is 7.02. The van der Waals surface area contributed by atoms with E-state index in [1.807, 2.05) is 0 Å². The summed E-state index contributed by atoms with van der Waals surface area (Å²) in [7, 11) is 6.14. The molecule has 1 N–H and O–H groups in total. The molecule has 0 spiro atoms. The van der Waals surface area contributed by atoms with Gasteiger partial charge in [-0.15, -0.1) is 0 Å². The maximum absolute atomic E-state index is 13.7. The van der Waals surface area contributed by atoms with Gasteiger partial charge in [0.2, 0.25) is 0 Å². The minimum Gasteiger partial charge on any atom is -0.494 e. The van der Waals surface area contributed by atoms with Crippen LogP contribution in [0, 0.1) is 5.82 Å². The van der Waals surface area contributed by atoms with Gasteiger partial charge in [0, 0.05) is 33.7 Å². The highest BCUT2D eigenvalue weighted by atomic mass is 19.4. The van der Waals surface area contributed by atoms with Gasteiger partial charge < -0.3 is 15.0 Å². The summed E-state index contributed by atoms with van der Waals surface area (Å²) in [5.41, 5.74) is 0.720. The summed E-state index contributed by atoms with van der Waals surface area (Å²) < 4.78 is 55.4. The lowest BCUT2D eigenvalue weighted by Gasteiger charge is -2.24. The van der Waals surface area contributed by atoms with E-state index in [-0.39, 0.29) is 12.3 Å². The number of rotatable bonds is 7. The van der Waals surface area contributed by atoms with Crippen LogP contribution in [0.15, 0.2) is 23.2 Å². The number of nitrogens with zero attached hydrogens (tertiary/aromatic N) is 3. The minimum absolute atomic E-state index is 0.168. The third kappa shape index (κ3) is 7.59. The zero-order valence-electron chi connectivity index (χ0n) is 14.8. The molecule has 9 heteroatoms. The Morgan fingerprint density at radius 2 is 1.96 bits per heavy atom. The first-order valence-electron chi connectivity index (χ1n) is 7.65. The van der Waals surface area contributed by atoms with E-state index >= 15 is 0 Å². The van der Waals surface area contributed by atoms with E-state index < -0.39 is 18.5 Å². The van der Waals surface area contributed by atoms with Crippen molar-refractivity contribution >= 4 is 5.96 Å². The SMILES string of the molecule is CN=C(NCCN(C)CC(F)(F)F)N(C)Cc1ccc(OC)c(F)c1. The molecule has 5 nitrogen and oxygen atoms in total. The highest BCUT2D eigenvalue weighted by molar-refractivity contribution is 5.79. The van der Waals surface area contributed by atoms with Gasteiger partial charge in [-0.2, -0.15) is 13.2 Å². The molecule has 0 heterocycles. The molecule has 1 aromatic rings. The van der Waals surface area contributed by atoms with Crippen LogP contribution in [-0.4, -0.2) is 69.8 Å². The largest absolute Gasteiger partial charge is 0.494 e. The van der Waals surface area contributed by atoms with E-state index in [0.717, 1.165) is 5.56 Å². The number of methoxy groups -OCH3 is 1. The Morgan fingerprint density at radius 3 is 2.48 bits per heavy atom. The fourth-order valence-corrected chi connectivity index (χ4v) is 2.29. The number of aliphatic imine (C=N–C) groups is 1. The fraction of sp³-hybridized carbons (Fsp3) is 0.562. The van der Waals surface area contributed by atoms with Crippen LogP contribution < -0.4 is 10.1 Å². The molecule has 0 saturated heterocycles. The van der Waals surface area contributed by atoms with E-state index in [9.17, 15) is 17.6 Å². The van der Waals surface area contributed by atoms with Gasteiger partial charge in [-0.05, 0) is 24.7 Å². The molecule has 0 saturated carbocycles. The van der Waals surface area contributed by atoms with Crippen molar-refractivity contribution in [3.05, 3.63) is 29.6 Å². The topological polar surface area (TPSA) is 40.1 Å². The van der Waals surface area contributed by atoms with Crippen LogP contribution in [0.5, 0.6) is 5.75 Å². The molecule has 0 radical (unpaired) electrons. The Kier molecular flexibility index (Phi) is 7.95. The molecule has 0 aliphatic carbocycles. The maximum atomic E-state index is 13.7. The van der Waals surface area contributed by atoms with Gasteiger partial charge in [0.25, 0.3) is 0 Å². The van der Waals surface area contributed by atoms with E-state index in [0.29, 0.717) is 19.0 Å². The van der Waals surface area contributed by atoms with Crippen LogP contribution in [0.1, 0.15) is 5.56 Å². The Labute approximate surface area is 145 Å². The van der Waals surface area contributed by atoms with E-state index in [4.69, 9.17) is 4.74 Å². The third-order valence-corrected chi connectivity index (χ3v) is 3.44. The van der Waals surface area contributed by atoms with Crippen molar-refractivity contribution in [1.82, 2.24) is 15.1 Å². The summed E-state index contributed by atoms with van der Waals surface area (Å²) in [6, 6.07) is 4.66. The summed E-state index contributed by atoms with van der Waals surface area (Å²) >= 11 is 0. The first kappa shape index (κ1) is 21.0. The first-order valence-corrected chi connectivity index (χ1v) is 7.65. The molecule has 0 amide bonds. The predicted molar refractivity (Wildman–Crippen MR) is 89.3 cm³/mol. The lowest BCUT2D eigenvalue weighted by atomic mass is 10.2. The molecule has 0 aliphatic heterocycles. The molecule has 1 rings (SSSR count). The molecule has 0 fully saturated rings. The Hall–Kier alpha value is -2.03. The van der Waals surface area contributed by atoms with Crippen LogP contribution in [-0.2, 0) is 6.54 Å². The molecular formula is C16H24F4N4O. The summed E-state index contributed by atoms with van der Waals surface area (Å²) in [6.45, 7) is -0.0582. The van der Waals surface area contributed by atoms with Gasteiger partial charge in [-0.25, -0.2) is 4.39 Å². The van der Waals surface area contributed by atoms with Crippen molar-refractivity contribution in [2.24, 2.45) is 4.99 Å². The summed E-state index contributed by atoms with van der Waals surface area (Å²) in [5, 5.41) is 2.99. The second kappa shape index (κ2) is 9.45. The van der Waals surface area contributed by atoms with Crippen molar-refractivity contribution < 1.29 is 22.3 Å². The van der Waals surface area contributed by atoms with Gasteiger partial charge in [0.15, 0.2) is 17.5 Å². The maximum Gasteiger partial charge on any atom is 0.401 e. The van der Waals surface area contributed by atoms with Crippen molar-refractivity contribution in [1.29, 1.82) is 0 Å². The molecule has 142 valence electrons. The molecule has 0 aliphatic rings. The number of hydrogen-bond acceptors (Lipinski definition) is 3. The van der Waals surface area contributed by atoms with Gasteiger partial charge in [0.1, 0.15) is 0 Å². The zero-order chi connectivity index (χ0) is 19.0. The average molecular weight is 364 g/mol. The standard InChI is InChI=1S/C16H24F4N4O/c1-21-15(22-7-8-23(2)11-16(18,19)20)24(3)10-12-5-6-14(25-4)13(17)9-12/h5-6,9H,7-8,10-11H2,1-4H3,(H,21,22). The fourth-order valence-electron chi connectivity index (χ4n) is 2.29. The second-order valence-electron chi connectivity index (χ2n) is 5.65. The van der Waals surface area contributed by atoms with Crippen molar-refractivity contribution in [3.8, 4) is 5.75 Å². The number of guanidine groups is 1. The number of nitrogens with one attached hydrogen (secondary N) is 1. The lowest BCUT2D eigenvalue weighted by Crippen LogP contribution is -2.43. The summed E-state index contributed by atoms with van der Waals surface area (Å²) in [6.07, 6.45) is -4.22. The molecule has 1 aromatic carbocycles. The number of ether oxygens (including phenoxy) is 1. The van der Waals surface area contributed by atoms with Crippen molar-refractivity contribution in [3.63, 3.8) is 0 Å². The van der Waals surface area contributed by atoms with Gasteiger partial charge in [0.05, 0.1) is 13.7 Å². The minimum atomic E-state index is -4.22. The molecule has 0 aromatic heterocycles. The van der Waals surface area contributed by atoms with E-state index in [2.05, 4.69) is 10.3 Å². The number of hydrogen-bond donors (Lipinski definition) is 1. The summed E-state index contributed by atoms with van der Waals surface area (Å²) in [5.74, 6) is 0.225. The van der Waals surface area contributed by atoms with Crippen molar-refractivity contribution in [2.75, 3.05) is 47.9 Å². The Balaban J connectivity index is 2.52. The lowest BCUT2D eigenvalue weighted by molar-refractivity contribution is -0.142. The third-order valence-electron chi connectivity index (χ3n) is 3.44. The van der Waals surface area contributed by atoms with E-state index in [1.54, 1.807) is 31.1 Å². The van der Waals surface area contributed by atoms with Crippen LogP contribution in [0.3, 0.4) is 0 Å². The van der Waals surface area contributed by atoms with Crippen LogP contribution in [0.2, 0.25) is 0 Å². The molecule has 25 heavy (non-hydrogen) atoms. The second-order valence-corrected chi connectivity index (χ2v) is 5.65. The first-order chi connectivity index (χ1) is 11.7. The van der Waals surface area contributed by atoms with Crippen molar-refractivity contribution in [2.45, 2.75) is 12.7 Å². The van der Waals surface area contributed by atoms with Gasteiger partial charge in [-0.3, -0.25) is 9.89 Å². The Morgan fingerprint density at radius 1 is 1.28 bits per heavy atom. The normalized spacial score (nSPS) is 12.4.